The highest BCUT2D eigenvalue weighted by Crippen LogP contribution is 2.21. The molecular formula is C20H23N3O4. The van der Waals surface area contributed by atoms with Gasteiger partial charge in [0.05, 0.1) is 0 Å². The maximum atomic E-state index is 12.8. The van der Waals surface area contributed by atoms with E-state index in [4.69, 9.17) is 5.21 Å². The van der Waals surface area contributed by atoms with E-state index in [-0.39, 0.29) is 0 Å². The summed E-state index contributed by atoms with van der Waals surface area (Å²) in [5.41, 5.74) is 3.84. The number of amides is 3. The van der Waals surface area contributed by atoms with Crippen LogP contribution in [0.4, 0.5) is 0 Å². The predicted molar refractivity (Wildman–Crippen MR) is 101 cm³/mol. The number of hydrogen-bond donors (Lipinski definition) is 3. The first-order valence-electron chi connectivity index (χ1n) is 8.56. The highest BCUT2D eigenvalue weighted by Gasteiger charge is 2.33. The smallest absolute Gasteiger partial charge is 0.275 e. The van der Waals surface area contributed by atoms with Gasteiger partial charge in [0.15, 0.2) is 6.04 Å². The van der Waals surface area contributed by atoms with Gasteiger partial charge in [-0.15, -0.1) is 0 Å². The van der Waals surface area contributed by atoms with Crippen molar-refractivity contribution in [3.63, 3.8) is 0 Å². The number of allylic oxidation sites excluding steroid dienone is 4. The average molecular weight is 369 g/mol. The van der Waals surface area contributed by atoms with E-state index in [1.807, 2.05) is 36.4 Å². The van der Waals surface area contributed by atoms with Crippen molar-refractivity contribution < 1.29 is 19.6 Å². The standard InChI is InChI=1S/C20H23N3O4/c1-21-18(24)17(19(25)22-27)23(2)20(26)16-11-7-6-10-15(12-13-16)14-8-4-3-5-9-14/h3-5,8-13,17,27H,6-7H2,1-2H3,(H,21,24)(H,22,25)/b13-12-,15-10-,16-11-. The van der Waals surface area contributed by atoms with Crippen molar-refractivity contribution in [1.82, 2.24) is 15.7 Å². The quantitative estimate of drug-likeness (QED) is 0.415. The minimum absolute atomic E-state index is 0.374. The second-order valence-electron chi connectivity index (χ2n) is 6.00. The van der Waals surface area contributed by atoms with Gasteiger partial charge in [0, 0.05) is 19.7 Å². The summed E-state index contributed by atoms with van der Waals surface area (Å²) in [4.78, 5) is 37.7. The lowest BCUT2D eigenvalue weighted by atomic mass is 9.99. The van der Waals surface area contributed by atoms with Crippen molar-refractivity contribution in [3.8, 4) is 0 Å². The van der Waals surface area contributed by atoms with Crippen LogP contribution in [0.2, 0.25) is 0 Å². The molecule has 0 heterocycles. The topological polar surface area (TPSA) is 98.7 Å². The Morgan fingerprint density at radius 2 is 1.70 bits per heavy atom. The summed E-state index contributed by atoms with van der Waals surface area (Å²) in [7, 11) is 2.70. The first-order valence-corrected chi connectivity index (χ1v) is 8.56. The molecule has 0 radical (unpaired) electrons. The Morgan fingerprint density at radius 1 is 1.04 bits per heavy atom. The molecule has 142 valence electrons. The first-order chi connectivity index (χ1) is 13.0. The van der Waals surface area contributed by atoms with Crippen molar-refractivity contribution in [2.75, 3.05) is 14.1 Å². The molecule has 3 amide bonds. The van der Waals surface area contributed by atoms with Gasteiger partial charge in [-0.3, -0.25) is 19.6 Å². The van der Waals surface area contributed by atoms with Gasteiger partial charge >= 0.3 is 0 Å². The Hall–Kier alpha value is -3.19. The molecule has 27 heavy (non-hydrogen) atoms. The Bertz CT molecular complexity index is 781. The number of nitrogens with zero attached hydrogens (tertiary/aromatic N) is 1. The third-order valence-corrected chi connectivity index (χ3v) is 4.25. The molecule has 0 spiro atoms. The van der Waals surface area contributed by atoms with Crippen LogP contribution in [0.25, 0.3) is 5.57 Å². The van der Waals surface area contributed by atoms with Crippen LogP contribution >= 0.6 is 0 Å². The lowest BCUT2D eigenvalue weighted by Crippen LogP contribution is -2.55. The zero-order chi connectivity index (χ0) is 19.8. The molecule has 2 rings (SSSR count). The number of likely N-dealkylation sites (N-methyl/N-ethyl adjacent to an activating group) is 2. The summed E-state index contributed by atoms with van der Waals surface area (Å²) in [5, 5.41) is 11.2. The number of nitrogens with one attached hydrogen (secondary N) is 2. The Balaban J connectivity index is 2.25. The molecule has 1 aliphatic rings. The molecule has 3 N–H and O–H groups in total. The van der Waals surface area contributed by atoms with Gasteiger partial charge < -0.3 is 10.2 Å². The van der Waals surface area contributed by atoms with Gasteiger partial charge in [-0.25, -0.2) is 5.48 Å². The summed E-state index contributed by atoms with van der Waals surface area (Å²) in [6.45, 7) is 0. The summed E-state index contributed by atoms with van der Waals surface area (Å²) in [6.07, 6.45) is 8.78. The van der Waals surface area contributed by atoms with Gasteiger partial charge in [-0.05, 0) is 30.1 Å². The van der Waals surface area contributed by atoms with Gasteiger partial charge in [0.25, 0.3) is 17.7 Å². The second kappa shape index (κ2) is 9.49. The van der Waals surface area contributed by atoms with Crippen molar-refractivity contribution >= 4 is 23.3 Å². The number of hydrogen-bond acceptors (Lipinski definition) is 4. The maximum Gasteiger partial charge on any atom is 0.275 e. The summed E-state index contributed by atoms with van der Waals surface area (Å²) in [5.74, 6) is -2.17. The molecule has 0 saturated carbocycles. The van der Waals surface area contributed by atoms with E-state index in [1.54, 1.807) is 12.2 Å². The SMILES string of the molecule is CNC(=O)C(C(=O)NO)N(C)C(=O)C1=C\CC/C=C(c2ccccc2)/C=C\1. The van der Waals surface area contributed by atoms with Crippen LogP contribution in [-0.2, 0) is 14.4 Å². The lowest BCUT2D eigenvalue weighted by Gasteiger charge is -2.25. The van der Waals surface area contributed by atoms with Crippen molar-refractivity contribution in [1.29, 1.82) is 0 Å². The minimum atomic E-state index is -1.48. The molecule has 1 atom stereocenters. The molecule has 1 aromatic carbocycles. The summed E-state index contributed by atoms with van der Waals surface area (Å²) < 4.78 is 0. The monoisotopic (exact) mass is 369 g/mol. The molecule has 1 aliphatic carbocycles. The largest absolute Gasteiger partial charge is 0.357 e. The molecular weight excluding hydrogens is 346 g/mol. The molecule has 0 fully saturated rings. The Morgan fingerprint density at radius 3 is 2.33 bits per heavy atom. The maximum absolute atomic E-state index is 12.8. The fraction of sp³-hybridized carbons (Fsp3) is 0.250. The molecule has 0 bridgehead atoms. The highest BCUT2D eigenvalue weighted by atomic mass is 16.5. The average Bonchev–Trinajstić information content (AvgIpc) is 2.68. The lowest BCUT2D eigenvalue weighted by molar-refractivity contribution is -0.147. The van der Waals surface area contributed by atoms with Gasteiger partial charge in [0.1, 0.15) is 0 Å². The Kier molecular flexibility index (Phi) is 7.08. The third kappa shape index (κ3) is 4.92. The minimum Gasteiger partial charge on any atom is -0.357 e. The molecule has 7 nitrogen and oxygen atoms in total. The Labute approximate surface area is 158 Å². The van der Waals surface area contributed by atoms with Crippen molar-refractivity contribution in [2.45, 2.75) is 18.9 Å². The molecule has 0 saturated heterocycles. The summed E-state index contributed by atoms with van der Waals surface area (Å²) >= 11 is 0. The van der Waals surface area contributed by atoms with Gasteiger partial charge in [-0.2, -0.15) is 0 Å². The van der Waals surface area contributed by atoms with E-state index in [1.165, 1.54) is 19.6 Å². The van der Waals surface area contributed by atoms with Crippen LogP contribution in [-0.4, -0.2) is 48.0 Å². The van der Waals surface area contributed by atoms with E-state index in [0.717, 1.165) is 22.5 Å². The fourth-order valence-corrected chi connectivity index (χ4v) is 2.79. The molecule has 7 heteroatoms. The van der Waals surface area contributed by atoms with E-state index in [0.29, 0.717) is 12.0 Å². The zero-order valence-electron chi connectivity index (χ0n) is 15.3. The van der Waals surface area contributed by atoms with E-state index < -0.39 is 23.8 Å². The van der Waals surface area contributed by atoms with Crippen molar-refractivity contribution in [3.05, 3.63) is 65.8 Å². The number of rotatable bonds is 5. The van der Waals surface area contributed by atoms with Crippen molar-refractivity contribution in [2.24, 2.45) is 0 Å². The molecule has 0 aliphatic heterocycles. The molecule has 0 aromatic heterocycles. The predicted octanol–water partition coefficient (Wildman–Crippen LogP) is 1.42. The first kappa shape index (κ1) is 20.1. The van der Waals surface area contributed by atoms with E-state index in [2.05, 4.69) is 11.4 Å². The fourth-order valence-electron chi connectivity index (χ4n) is 2.79. The van der Waals surface area contributed by atoms with E-state index >= 15 is 0 Å². The van der Waals surface area contributed by atoms with Gasteiger partial charge in [-0.1, -0.05) is 48.6 Å². The van der Waals surface area contributed by atoms with Crippen LogP contribution in [0.5, 0.6) is 0 Å². The summed E-state index contributed by atoms with van der Waals surface area (Å²) in [6, 6.07) is 8.33. The molecule has 1 aromatic rings. The van der Waals surface area contributed by atoms with Crippen LogP contribution in [0, 0.1) is 0 Å². The molecule has 1 unspecified atom stereocenters. The second-order valence-corrected chi connectivity index (χ2v) is 6.00. The number of carbonyl (C=O) groups is 3. The number of hydroxylamine groups is 1. The number of benzene rings is 1. The van der Waals surface area contributed by atoms with Crippen LogP contribution in [0.1, 0.15) is 18.4 Å². The zero-order valence-corrected chi connectivity index (χ0v) is 15.3. The third-order valence-electron chi connectivity index (χ3n) is 4.25. The van der Waals surface area contributed by atoms with Crippen LogP contribution in [0.15, 0.2) is 60.2 Å². The number of carbonyl (C=O) groups excluding carboxylic acids is 3. The van der Waals surface area contributed by atoms with Gasteiger partial charge in [0.2, 0.25) is 0 Å². The van der Waals surface area contributed by atoms with Crippen LogP contribution in [0.3, 0.4) is 0 Å². The highest BCUT2D eigenvalue weighted by molar-refractivity contribution is 6.09. The normalized spacial score (nSPS) is 19.8. The van der Waals surface area contributed by atoms with Crippen LogP contribution < -0.4 is 10.8 Å². The van der Waals surface area contributed by atoms with E-state index in [9.17, 15) is 14.4 Å².